The SMILES string of the molecule is CN(C)c1ccc(-n2c(=S)[nH]c3ccc(C#N)cc32)cc1. The van der Waals surface area contributed by atoms with Gasteiger partial charge in [-0.3, -0.25) is 4.57 Å². The van der Waals surface area contributed by atoms with E-state index in [1.54, 1.807) is 6.07 Å². The number of anilines is 1. The summed E-state index contributed by atoms with van der Waals surface area (Å²) in [5, 5.41) is 9.06. The zero-order valence-corrected chi connectivity index (χ0v) is 12.6. The van der Waals surface area contributed by atoms with Gasteiger partial charge in [0.25, 0.3) is 0 Å². The van der Waals surface area contributed by atoms with Gasteiger partial charge in [0.2, 0.25) is 0 Å². The summed E-state index contributed by atoms with van der Waals surface area (Å²) in [6, 6.07) is 15.8. The number of nitrogens with zero attached hydrogens (tertiary/aromatic N) is 3. The lowest BCUT2D eigenvalue weighted by molar-refractivity contribution is 1.06. The van der Waals surface area contributed by atoms with Gasteiger partial charge < -0.3 is 9.88 Å². The average Bonchev–Trinajstić information content (AvgIpc) is 2.82. The third-order valence-corrected chi connectivity index (χ3v) is 3.72. The molecule has 0 saturated heterocycles. The molecule has 2 aromatic carbocycles. The second-order valence-corrected chi connectivity index (χ2v) is 5.41. The van der Waals surface area contributed by atoms with Crippen molar-refractivity contribution >= 4 is 28.9 Å². The van der Waals surface area contributed by atoms with Crippen LogP contribution < -0.4 is 4.90 Å². The minimum Gasteiger partial charge on any atom is -0.378 e. The summed E-state index contributed by atoms with van der Waals surface area (Å²) in [7, 11) is 4.01. The minimum atomic E-state index is 0.621. The third-order valence-electron chi connectivity index (χ3n) is 3.44. The second kappa shape index (κ2) is 5.08. The van der Waals surface area contributed by atoms with Crippen molar-refractivity contribution in [3.63, 3.8) is 0 Å². The number of nitrogens with one attached hydrogen (secondary N) is 1. The number of aromatic nitrogens is 2. The molecule has 0 spiro atoms. The highest BCUT2D eigenvalue weighted by atomic mass is 32.1. The second-order valence-electron chi connectivity index (χ2n) is 5.02. The van der Waals surface area contributed by atoms with Gasteiger partial charge in [-0.25, -0.2) is 0 Å². The van der Waals surface area contributed by atoms with Crippen LogP contribution in [0.5, 0.6) is 0 Å². The number of nitriles is 1. The molecule has 4 nitrogen and oxygen atoms in total. The van der Waals surface area contributed by atoms with Gasteiger partial charge in [0.1, 0.15) is 0 Å². The van der Waals surface area contributed by atoms with E-state index in [2.05, 4.69) is 11.1 Å². The molecule has 0 aliphatic rings. The maximum absolute atomic E-state index is 9.06. The van der Waals surface area contributed by atoms with Gasteiger partial charge >= 0.3 is 0 Å². The van der Waals surface area contributed by atoms with Gasteiger partial charge in [0.05, 0.1) is 22.7 Å². The molecule has 1 aromatic heterocycles. The van der Waals surface area contributed by atoms with Crippen LogP contribution in [0.1, 0.15) is 5.56 Å². The number of fused-ring (bicyclic) bond motifs is 1. The molecule has 104 valence electrons. The van der Waals surface area contributed by atoms with Gasteiger partial charge in [-0.2, -0.15) is 5.26 Å². The molecule has 0 fully saturated rings. The first-order chi connectivity index (χ1) is 10.1. The Labute approximate surface area is 127 Å². The Hall–Kier alpha value is -2.58. The van der Waals surface area contributed by atoms with E-state index in [9.17, 15) is 0 Å². The third kappa shape index (κ3) is 2.30. The van der Waals surface area contributed by atoms with Crippen LogP contribution >= 0.6 is 12.2 Å². The molecule has 3 rings (SSSR count). The van der Waals surface area contributed by atoms with E-state index in [4.69, 9.17) is 17.5 Å². The molecular formula is C16H14N4S. The molecule has 0 amide bonds. The largest absolute Gasteiger partial charge is 0.378 e. The zero-order chi connectivity index (χ0) is 15.0. The number of aromatic amines is 1. The van der Waals surface area contributed by atoms with Crippen LogP contribution in [0.3, 0.4) is 0 Å². The fraction of sp³-hybridized carbons (Fsp3) is 0.125. The van der Waals surface area contributed by atoms with E-state index < -0.39 is 0 Å². The molecule has 5 heteroatoms. The summed E-state index contributed by atoms with van der Waals surface area (Å²) in [6.07, 6.45) is 0. The molecule has 0 radical (unpaired) electrons. The summed E-state index contributed by atoms with van der Waals surface area (Å²) in [5.41, 5.74) is 4.57. The number of imidazole rings is 1. The molecule has 0 bridgehead atoms. The summed E-state index contributed by atoms with van der Waals surface area (Å²) in [4.78, 5) is 5.22. The maximum Gasteiger partial charge on any atom is 0.182 e. The van der Waals surface area contributed by atoms with Crippen LogP contribution in [0.2, 0.25) is 0 Å². The molecule has 0 aliphatic heterocycles. The van der Waals surface area contributed by atoms with Gasteiger partial charge in [-0.05, 0) is 54.7 Å². The fourth-order valence-electron chi connectivity index (χ4n) is 2.33. The van der Waals surface area contributed by atoms with Gasteiger partial charge in [0.15, 0.2) is 4.77 Å². The Morgan fingerprint density at radius 3 is 2.48 bits per heavy atom. The van der Waals surface area contributed by atoms with Crippen LogP contribution in [0.15, 0.2) is 42.5 Å². The lowest BCUT2D eigenvalue weighted by Gasteiger charge is -2.13. The predicted octanol–water partition coefficient (Wildman–Crippen LogP) is 3.63. The van der Waals surface area contributed by atoms with E-state index in [0.717, 1.165) is 22.4 Å². The van der Waals surface area contributed by atoms with Crippen molar-refractivity contribution < 1.29 is 0 Å². The standard InChI is InChI=1S/C16H14N4S/c1-19(2)12-4-6-13(7-5-12)20-15-9-11(10-17)3-8-14(15)18-16(20)21/h3-9H,1-2H3,(H,18,21). The van der Waals surface area contributed by atoms with Crippen LogP contribution in [-0.2, 0) is 0 Å². The van der Waals surface area contributed by atoms with E-state index in [1.807, 2.05) is 60.0 Å². The molecule has 1 heterocycles. The van der Waals surface area contributed by atoms with Gasteiger partial charge in [-0.15, -0.1) is 0 Å². The Morgan fingerprint density at radius 1 is 1.14 bits per heavy atom. The summed E-state index contributed by atoms with van der Waals surface area (Å²) in [6.45, 7) is 0. The van der Waals surface area contributed by atoms with Crippen LogP contribution in [0.25, 0.3) is 16.7 Å². The van der Waals surface area contributed by atoms with Crippen molar-refractivity contribution in [3.8, 4) is 11.8 Å². The summed E-state index contributed by atoms with van der Waals surface area (Å²) >= 11 is 5.41. The Morgan fingerprint density at radius 2 is 1.86 bits per heavy atom. The van der Waals surface area contributed by atoms with Gasteiger partial charge in [-0.1, -0.05) is 0 Å². The number of rotatable bonds is 2. The van der Waals surface area contributed by atoms with Crippen molar-refractivity contribution in [2.45, 2.75) is 0 Å². The fourth-order valence-corrected chi connectivity index (χ4v) is 2.64. The van der Waals surface area contributed by atoms with Gasteiger partial charge in [0, 0.05) is 25.5 Å². The number of H-pyrrole nitrogens is 1. The molecule has 3 aromatic rings. The Balaban J connectivity index is 2.22. The molecule has 21 heavy (non-hydrogen) atoms. The van der Waals surface area contributed by atoms with E-state index >= 15 is 0 Å². The molecule has 0 aliphatic carbocycles. The lowest BCUT2D eigenvalue weighted by Crippen LogP contribution is -2.08. The van der Waals surface area contributed by atoms with Crippen molar-refractivity contribution in [3.05, 3.63) is 52.8 Å². The quantitative estimate of drug-likeness (QED) is 0.734. The maximum atomic E-state index is 9.06. The van der Waals surface area contributed by atoms with Crippen LogP contribution in [0.4, 0.5) is 5.69 Å². The molecule has 0 atom stereocenters. The number of hydrogen-bond acceptors (Lipinski definition) is 3. The van der Waals surface area contributed by atoms with Crippen LogP contribution in [-0.4, -0.2) is 23.6 Å². The molecule has 0 saturated carbocycles. The lowest BCUT2D eigenvalue weighted by atomic mass is 10.2. The predicted molar refractivity (Wildman–Crippen MR) is 87.5 cm³/mol. The minimum absolute atomic E-state index is 0.621. The smallest absolute Gasteiger partial charge is 0.182 e. The van der Waals surface area contributed by atoms with Crippen LogP contribution in [0, 0.1) is 16.1 Å². The highest BCUT2D eigenvalue weighted by Crippen LogP contribution is 2.22. The molecule has 0 unspecified atom stereocenters. The molecular weight excluding hydrogens is 280 g/mol. The Kier molecular flexibility index (Phi) is 3.24. The van der Waals surface area contributed by atoms with Crippen molar-refractivity contribution in [1.82, 2.24) is 9.55 Å². The van der Waals surface area contributed by atoms with Crippen molar-refractivity contribution in [1.29, 1.82) is 5.26 Å². The van der Waals surface area contributed by atoms with Crippen molar-refractivity contribution in [2.75, 3.05) is 19.0 Å². The van der Waals surface area contributed by atoms with Crippen molar-refractivity contribution in [2.24, 2.45) is 0 Å². The first-order valence-corrected chi connectivity index (χ1v) is 6.93. The topological polar surface area (TPSA) is 47.8 Å². The number of hydrogen-bond donors (Lipinski definition) is 1. The Bertz CT molecular complexity index is 895. The highest BCUT2D eigenvalue weighted by molar-refractivity contribution is 7.71. The first kappa shape index (κ1) is 13.4. The monoisotopic (exact) mass is 294 g/mol. The number of benzene rings is 2. The van der Waals surface area contributed by atoms with E-state index in [-0.39, 0.29) is 0 Å². The molecule has 1 N–H and O–H groups in total. The van der Waals surface area contributed by atoms with E-state index in [1.165, 1.54) is 0 Å². The highest BCUT2D eigenvalue weighted by Gasteiger charge is 2.07. The summed E-state index contributed by atoms with van der Waals surface area (Å²) in [5.74, 6) is 0. The average molecular weight is 294 g/mol. The first-order valence-electron chi connectivity index (χ1n) is 6.53. The normalized spacial score (nSPS) is 10.5. The summed E-state index contributed by atoms with van der Waals surface area (Å²) < 4.78 is 2.57. The zero-order valence-electron chi connectivity index (χ0n) is 11.8. The van der Waals surface area contributed by atoms with E-state index in [0.29, 0.717) is 10.3 Å².